The minimum absolute atomic E-state index is 0. The van der Waals surface area contributed by atoms with Crippen LogP contribution in [0.1, 0.15) is 0 Å². The molecule has 0 rings (SSSR count). The Morgan fingerprint density at radius 2 is 1.71 bits per heavy atom. The summed E-state index contributed by atoms with van der Waals surface area (Å²) in [5, 5.41) is 0. The van der Waals surface area contributed by atoms with E-state index in [0.717, 1.165) is 0 Å². The molecule has 0 bridgehead atoms. The topological polar surface area (TPSA) is 0 Å². The molecule has 0 unspecified atom stereocenters. The highest BCUT2D eigenvalue weighted by Crippen LogP contribution is 1.68. The summed E-state index contributed by atoms with van der Waals surface area (Å²) in [6.45, 7) is 3.22. The minimum Gasteiger partial charge on any atom is -0.216 e. The first-order chi connectivity index (χ1) is 2.41. The van der Waals surface area contributed by atoms with Gasteiger partial charge in [0.1, 0.15) is 0 Å². The summed E-state index contributed by atoms with van der Waals surface area (Å²) in [6, 6.07) is 0. The molecule has 0 N–H and O–H groups in total. The van der Waals surface area contributed by atoms with Crippen molar-refractivity contribution in [2.75, 3.05) is 0 Å². The SMILES string of the molecule is C=C/C=C/F.[B].[B]. The smallest absolute Gasteiger partial charge is 0.0866 e. The molecule has 0 aromatic carbocycles. The van der Waals surface area contributed by atoms with E-state index in [4.69, 9.17) is 0 Å². The van der Waals surface area contributed by atoms with Gasteiger partial charge in [-0.05, 0) is 6.08 Å². The van der Waals surface area contributed by atoms with Gasteiger partial charge in [-0.1, -0.05) is 12.7 Å². The molecule has 0 nitrogen and oxygen atoms in total. The van der Waals surface area contributed by atoms with Crippen molar-refractivity contribution < 1.29 is 4.39 Å². The fourth-order valence-electron chi connectivity index (χ4n) is 0.0514. The highest BCUT2D eigenvalue weighted by Gasteiger charge is 1.45. The molecule has 0 amide bonds. The van der Waals surface area contributed by atoms with Crippen LogP contribution in [0.5, 0.6) is 0 Å². The highest BCUT2D eigenvalue weighted by molar-refractivity contribution is 5.76. The lowest BCUT2D eigenvalue weighted by atomic mass is 10.6. The molecular weight excluding hydrogens is 88.7 g/mol. The van der Waals surface area contributed by atoms with Gasteiger partial charge in [-0.2, -0.15) is 0 Å². The largest absolute Gasteiger partial charge is 0.216 e. The fourth-order valence-corrected chi connectivity index (χ4v) is 0.0514. The van der Waals surface area contributed by atoms with Gasteiger partial charge < -0.3 is 0 Å². The number of rotatable bonds is 1. The van der Waals surface area contributed by atoms with E-state index in [1.807, 2.05) is 0 Å². The van der Waals surface area contributed by atoms with Gasteiger partial charge >= 0.3 is 0 Å². The summed E-state index contributed by atoms with van der Waals surface area (Å²) >= 11 is 0. The second-order valence-corrected chi connectivity index (χ2v) is 0.554. The molecule has 0 aliphatic carbocycles. The first kappa shape index (κ1) is 16.0. The maximum atomic E-state index is 10.7. The molecule has 0 heterocycles. The number of hydrogen-bond acceptors (Lipinski definition) is 0. The van der Waals surface area contributed by atoms with Crippen LogP contribution in [0.3, 0.4) is 0 Å². The van der Waals surface area contributed by atoms with Crippen molar-refractivity contribution in [3.8, 4) is 0 Å². The Bertz CT molecular complexity index is 51.7. The number of hydrogen-bond donors (Lipinski definition) is 0. The molecule has 3 heteroatoms. The van der Waals surface area contributed by atoms with Crippen molar-refractivity contribution in [1.29, 1.82) is 0 Å². The average Bonchev–Trinajstić information content (AvgIpc) is 1.41. The zero-order valence-electron chi connectivity index (χ0n) is 3.97. The molecule has 0 saturated carbocycles. The van der Waals surface area contributed by atoms with Crippen LogP contribution >= 0.6 is 0 Å². The maximum Gasteiger partial charge on any atom is 0.0866 e. The number of halogens is 1. The lowest BCUT2D eigenvalue weighted by Crippen LogP contribution is -1.31. The molecule has 0 aliphatic rings. The van der Waals surface area contributed by atoms with Gasteiger partial charge in [-0.3, -0.25) is 0 Å². The molecular formula is C4H5B2F. The summed E-state index contributed by atoms with van der Waals surface area (Å²) in [5.74, 6) is 0. The van der Waals surface area contributed by atoms with E-state index in [9.17, 15) is 4.39 Å². The molecule has 0 aliphatic heterocycles. The summed E-state index contributed by atoms with van der Waals surface area (Å²) in [4.78, 5) is 0. The van der Waals surface area contributed by atoms with Crippen molar-refractivity contribution in [2.45, 2.75) is 0 Å². The van der Waals surface area contributed by atoms with E-state index in [2.05, 4.69) is 6.58 Å². The third-order valence-electron chi connectivity index (χ3n) is 0.209. The van der Waals surface area contributed by atoms with E-state index in [1.54, 1.807) is 0 Å². The lowest BCUT2D eigenvalue weighted by molar-refractivity contribution is 0.721. The second-order valence-electron chi connectivity index (χ2n) is 0.554. The van der Waals surface area contributed by atoms with Crippen LogP contribution in [-0.4, -0.2) is 16.8 Å². The molecule has 0 atom stereocenters. The molecule has 0 spiro atoms. The third kappa shape index (κ3) is 29.3. The van der Waals surface area contributed by atoms with Crippen LogP contribution in [0, 0.1) is 0 Å². The van der Waals surface area contributed by atoms with Crippen LogP contribution < -0.4 is 0 Å². The Labute approximate surface area is 47.3 Å². The molecule has 0 saturated heterocycles. The zero-order chi connectivity index (χ0) is 4.12. The van der Waals surface area contributed by atoms with E-state index in [1.165, 1.54) is 12.2 Å². The normalized spacial score (nSPS) is 6.43. The average molecular weight is 93.7 g/mol. The number of allylic oxidation sites excluding steroid dienone is 2. The van der Waals surface area contributed by atoms with Crippen molar-refractivity contribution in [1.82, 2.24) is 0 Å². The maximum absolute atomic E-state index is 10.7. The highest BCUT2D eigenvalue weighted by atomic mass is 19.1. The van der Waals surface area contributed by atoms with E-state index < -0.39 is 0 Å². The van der Waals surface area contributed by atoms with Crippen LogP contribution in [0.4, 0.5) is 4.39 Å². The zero-order valence-corrected chi connectivity index (χ0v) is 3.97. The quantitative estimate of drug-likeness (QED) is 0.334. The van der Waals surface area contributed by atoms with Crippen molar-refractivity contribution in [2.24, 2.45) is 0 Å². The Morgan fingerprint density at radius 1 is 1.29 bits per heavy atom. The van der Waals surface area contributed by atoms with Gasteiger partial charge in [-0.25, -0.2) is 4.39 Å². The summed E-state index contributed by atoms with van der Waals surface area (Å²) in [5.41, 5.74) is 0. The summed E-state index contributed by atoms with van der Waals surface area (Å²) in [6.07, 6.45) is 3.03. The van der Waals surface area contributed by atoms with Crippen LogP contribution in [0.25, 0.3) is 0 Å². The van der Waals surface area contributed by atoms with Gasteiger partial charge in [0.2, 0.25) is 0 Å². The Morgan fingerprint density at radius 3 is 1.71 bits per heavy atom. The molecule has 0 aromatic heterocycles. The van der Waals surface area contributed by atoms with Gasteiger partial charge in [0.25, 0.3) is 0 Å². The van der Waals surface area contributed by atoms with Crippen molar-refractivity contribution in [3.63, 3.8) is 0 Å². The molecule has 0 aromatic rings. The standard InChI is InChI=1S/C4H5F.2B/c1-2-3-4-5;;/h2-4H,1H2;;/b4-3+;;. The van der Waals surface area contributed by atoms with Crippen LogP contribution in [0.2, 0.25) is 0 Å². The van der Waals surface area contributed by atoms with E-state index in [-0.39, 0.29) is 16.8 Å². The first-order valence-electron chi connectivity index (χ1n) is 1.29. The van der Waals surface area contributed by atoms with Gasteiger partial charge in [0.15, 0.2) is 0 Å². The predicted molar refractivity (Wildman–Crippen MR) is 32.0 cm³/mol. The van der Waals surface area contributed by atoms with Crippen molar-refractivity contribution >= 4 is 16.8 Å². The Kier molecular flexibility index (Phi) is 40.5. The monoisotopic (exact) mass is 94.1 g/mol. The van der Waals surface area contributed by atoms with Crippen molar-refractivity contribution in [3.05, 3.63) is 25.1 Å². The Balaban J connectivity index is -0.0000000800. The van der Waals surface area contributed by atoms with Crippen LogP contribution in [-0.2, 0) is 0 Å². The summed E-state index contributed by atoms with van der Waals surface area (Å²) < 4.78 is 10.7. The molecule has 34 valence electrons. The third-order valence-corrected chi connectivity index (χ3v) is 0.209. The van der Waals surface area contributed by atoms with Gasteiger partial charge in [-0.15, -0.1) is 0 Å². The first-order valence-corrected chi connectivity index (χ1v) is 1.29. The Hall–Kier alpha value is -0.460. The van der Waals surface area contributed by atoms with Gasteiger partial charge in [0, 0.05) is 16.8 Å². The molecule has 0 fully saturated rings. The molecule has 7 heavy (non-hydrogen) atoms. The lowest BCUT2D eigenvalue weighted by Gasteiger charge is -1.52. The van der Waals surface area contributed by atoms with E-state index >= 15 is 0 Å². The van der Waals surface area contributed by atoms with Gasteiger partial charge in [0.05, 0.1) is 6.33 Å². The fraction of sp³-hybridized carbons (Fsp3) is 0. The predicted octanol–water partition coefficient (Wildman–Crippen LogP) is 0.894. The second kappa shape index (κ2) is 17.7. The van der Waals surface area contributed by atoms with E-state index in [0.29, 0.717) is 6.33 Å². The molecule has 6 radical (unpaired) electrons. The minimum atomic E-state index is 0. The van der Waals surface area contributed by atoms with Crippen LogP contribution in [0.15, 0.2) is 25.1 Å². The summed E-state index contributed by atoms with van der Waals surface area (Å²) in [7, 11) is 0.